The van der Waals surface area contributed by atoms with Gasteiger partial charge in [0.15, 0.2) is 11.0 Å². The molecule has 0 radical (unpaired) electrons. The van der Waals surface area contributed by atoms with E-state index in [0.717, 1.165) is 36.7 Å². The van der Waals surface area contributed by atoms with E-state index in [2.05, 4.69) is 20.4 Å². The molecule has 1 amide bonds. The minimum atomic E-state index is -0.392. The topological polar surface area (TPSA) is 76.2 Å². The first kappa shape index (κ1) is 21.1. The standard InChI is InChI=1S/C20H24FN5O2S/c1-14-17(8-11-28-14)19-23-24-20(26(19)10-5-9-25(2)3)29-13-18(27)22-16-7-4-6-15(21)12-16/h4,6-8,11-12H,5,9-10,13H2,1-3H3,(H,22,27). The number of nitrogens with zero attached hydrogens (tertiary/aromatic N) is 4. The van der Waals surface area contributed by atoms with E-state index in [1.54, 1.807) is 18.4 Å². The van der Waals surface area contributed by atoms with E-state index >= 15 is 0 Å². The quantitative estimate of drug-likeness (QED) is 0.536. The fourth-order valence-corrected chi connectivity index (χ4v) is 3.62. The second-order valence-electron chi connectivity index (χ2n) is 6.85. The largest absolute Gasteiger partial charge is 0.469 e. The highest BCUT2D eigenvalue weighted by Gasteiger charge is 2.18. The zero-order valence-corrected chi connectivity index (χ0v) is 17.5. The molecule has 2 heterocycles. The van der Waals surface area contributed by atoms with Crippen molar-refractivity contribution in [1.82, 2.24) is 19.7 Å². The second-order valence-corrected chi connectivity index (χ2v) is 7.79. The van der Waals surface area contributed by atoms with Crippen molar-refractivity contribution >= 4 is 23.4 Å². The number of carbonyl (C=O) groups excluding carboxylic acids is 1. The van der Waals surface area contributed by atoms with Crippen molar-refractivity contribution in [2.75, 3.05) is 31.7 Å². The third-order valence-electron chi connectivity index (χ3n) is 4.24. The SMILES string of the molecule is Cc1occc1-c1nnc(SCC(=O)Nc2cccc(F)c2)n1CCCN(C)C. The summed E-state index contributed by atoms with van der Waals surface area (Å²) >= 11 is 1.30. The van der Waals surface area contributed by atoms with E-state index in [0.29, 0.717) is 10.8 Å². The molecule has 0 bridgehead atoms. The Balaban J connectivity index is 1.71. The van der Waals surface area contributed by atoms with Gasteiger partial charge in [0.2, 0.25) is 5.91 Å². The van der Waals surface area contributed by atoms with Crippen molar-refractivity contribution in [1.29, 1.82) is 0 Å². The van der Waals surface area contributed by atoms with Crippen LogP contribution >= 0.6 is 11.8 Å². The molecule has 0 unspecified atom stereocenters. The number of halogens is 1. The van der Waals surface area contributed by atoms with Crippen molar-refractivity contribution in [3.8, 4) is 11.4 Å². The molecule has 3 aromatic rings. The normalized spacial score (nSPS) is 11.2. The number of aromatic nitrogens is 3. The van der Waals surface area contributed by atoms with E-state index < -0.39 is 5.82 Å². The fraction of sp³-hybridized carbons (Fsp3) is 0.350. The van der Waals surface area contributed by atoms with Crippen molar-refractivity contribution in [2.24, 2.45) is 0 Å². The van der Waals surface area contributed by atoms with Crippen LogP contribution in [0, 0.1) is 12.7 Å². The highest BCUT2D eigenvalue weighted by Crippen LogP contribution is 2.27. The summed E-state index contributed by atoms with van der Waals surface area (Å²) in [5.74, 6) is 1.02. The molecule has 0 aliphatic carbocycles. The molecule has 0 spiro atoms. The molecule has 9 heteroatoms. The Hall–Kier alpha value is -2.65. The summed E-state index contributed by atoms with van der Waals surface area (Å²) in [6, 6.07) is 7.69. The maximum Gasteiger partial charge on any atom is 0.234 e. The summed E-state index contributed by atoms with van der Waals surface area (Å²) in [6.45, 7) is 3.53. The molecule has 0 atom stereocenters. The number of aryl methyl sites for hydroxylation is 1. The van der Waals surface area contributed by atoms with Crippen LogP contribution in [0.25, 0.3) is 11.4 Å². The zero-order valence-electron chi connectivity index (χ0n) is 16.7. The van der Waals surface area contributed by atoms with E-state index in [-0.39, 0.29) is 11.7 Å². The van der Waals surface area contributed by atoms with Crippen LogP contribution in [0.1, 0.15) is 12.2 Å². The highest BCUT2D eigenvalue weighted by atomic mass is 32.2. The van der Waals surface area contributed by atoms with Crippen LogP contribution in [-0.4, -0.2) is 52.0 Å². The number of thioether (sulfide) groups is 1. The Morgan fingerprint density at radius 2 is 2.14 bits per heavy atom. The van der Waals surface area contributed by atoms with Crippen molar-refractivity contribution in [3.63, 3.8) is 0 Å². The lowest BCUT2D eigenvalue weighted by atomic mass is 10.2. The van der Waals surface area contributed by atoms with Gasteiger partial charge in [-0.25, -0.2) is 4.39 Å². The van der Waals surface area contributed by atoms with E-state index in [4.69, 9.17) is 4.42 Å². The van der Waals surface area contributed by atoms with Crippen LogP contribution in [0.15, 0.2) is 46.2 Å². The summed E-state index contributed by atoms with van der Waals surface area (Å²) in [5, 5.41) is 12.0. The van der Waals surface area contributed by atoms with Gasteiger partial charge in [-0.1, -0.05) is 17.8 Å². The van der Waals surface area contributed by atoms with Gasteiger partial charge in [-0.15, -0.1) is 10.2 Å². The number of hydrogen-bond acceptors (Lipinski definition) is 6. The molecule has 0 saturated heterocycles. The number of nitrogens with one attached hydrogen (secondary N) is 1. The Bertz CT molecular complexity index is 969. The van der Waals surface area contributed by atoms with E-state index in [1.807, 2.05) is 31.7 Å². The van der Waals surface area contributed by atoms with E-state index in [1.165, 1.54) is 23.9 Å². The number of anilines is 1. The van der Waals surface area contributed by atoms with Gasteiger partial charge in [-0.3, -0.25) is 4.79 Å². The molecule has 1 N–H and O–H groups in total. The van der Waals surface area contributed by atoms with Gasteiger partial charge in [0.25, 0.3) is 0 Å². The molecule has 0 aliphatic heterocycles. The third-order valence-corrected chi connectivity index (χ3v) is 5.21. The smallest absolute Gasteiger partial charge is 0.234 e. The number of rotatable bonds is 9. The van der Waals surface area contributed by atoms with Crippen LogP contribution in [0.4, 0.5) is 10.1 Å². The molecule has 7 nitrogen and oxygen atoms in total. The molecule has 2 aromatic heterocycles. The highest BCUT2D eigenvalue weighted by molar-refractivity contribution is 7.99. The molecular formula is C20H24FN5O2S. The first-order chi connectivity index (χ1) is 13.9. The maximum absolute atomic E-state index is 13.3. The van der Waals surface area contributed by atoms with Crippen molar-refractivity contribution in [3.05, 3.63) is 48.2 Å². The lowest BCUT2D eigenvalue weighted by Crippen LogP contribution is -2.17. The van der Waals surface area contributed by atoms with Crippen LogP contribution in [-0.2, 0) is 11.3 Å². The Morgan fingerprint density at radius 3 is 2.83 bits per heavy atom. The average Bonchev–Trinajstić information content (AvgIpc) is 3.25. The monoisotopic (exact) mass is 417 g/mol. The summed E-state index contributed by atoms with van der Waals surface area (Å²) < 4.78 is 20.7. The van der Waals surface area contributed by atoms with Crippen LogP contribution in [0.5, 0.6) is 0 Å². The second kappa shape index (κ2) is 9.71. The van der Waals surface area contributed by atoms with Gasteiger partial charge in [0, 0.05) is 12.2 Å². The molecule has 0 fully saturated rings. The predicted molar refractivity (Wildman–Crippen MR) is 111 cm³/mol. The predicted octanol–water partition coefficient (Wildman–Crippen LogP) is 3.67. The van der Waals surface area contributed by atoms with Crippen molar-refractivity contribution in [2.45, 2.75) is 25.0 Å². The Kier molecular flexibility index (Phi) is 7.05. The number of furan rings is 1. The van der Waals surface area contributed by atoms with Gasteiger partial charge < -0.3 is 19.2 Å². The van der Waals surface area contributed by atoms with E-state index in [9.17, 15) is 9.18 Å². The summed E-state index contributed by atoms with van der Waals surface area (Å²) in [6.07, 6.45) is 2.54. The van der Waals surface area contributed by atoms with Gasteiger partial charge in [0.1, 0.15) is 11.6 Å². The van der Waals surface area contributed by atoms with Crippen LogP contribution < -0.4 is 5.32 Å². The van der Waals surface area contributed by atoms with Crippen LogP contribution in [0.2, 0.25) is 0 Å². The van der Waals surface area contributed by atoms with Gasteiger partial charge in [-0.05, 0) is 58.3 Å². The first-order valence-corrected chi connectivity index (χ1v) is 10.2. The minimum absolute atomic E-state index is 0.146. The summed E-state index contributed by atoms with van der Waals surface area (Å²) in [4.78, 5) is 14.4. The number of amides is 1. The minimum Gasteiger partial charge on any atom is -0.469 e. The summed E-state index contributed by atoms with van der Waals surface area (Å²) in [5.41, 5.74) is 1.32. The lowest BCUT2D eigenvalue weighted by molar-refractivity contribution is -0.113. The fourth-order valence-electron chi connectivity index (χ4n) is 2.85. The molecule has 0 saturated carbocycles. The van der Waals surface area contributed by atoms with Gasteiger partial charge in [-0.2, -0.15) is 0 Å². The number of hydrogen-bond donors (Lipinski definition) is 1. The first-order valence-electron chi connectivity index (χ1n) is 9.24. The molecule has 0 aliphatic rings. The zero-order chi connectivity index (χ0) is 20.8. The Labute approximate surface area is 173 Å². The Morgan fingerprint density at radius 1 is 1.31 bits per heavy atom. The molecule has 154 valence electrons. The van der Waals surface area contributed by atoms with Gasteiger partial charge in [0.05, 0.1) is 17.6 Å². The lowest BCUT2D eigenvalue weighted by Gasteiger charge is -2.13. The average molecular weight is 418 g/mol. The van der Waals surface area contributed by atoms with Crippen molar-refractivity contribution < 1.29 is 13.6 Å². The van der Waals surface area contributed by atoms with Gasteiger partial charge >= 0.3 is 0 Å². The number of carbonyl (C=O) groups is 1. The third kappa shape index (κ3) is 5.68. The summed E-state index contributed by atoms with van der Waals surface area (Å²) in [7, 11) is 4.05. The molecule has 1 aromatic carbocycles. The van der Waals surface area contributed by atoms with Crippen LogP contribution in [0.3, 0.4) is 0 Å². The maximum atomic E-state index is 13.3. The molecule has 3 rings (SSSR count). The molecular weight excluding hydrogens is 393 g/mol. The molecule has 29 heavy (non-hydrogen) atoms. The number of benzene rings is 1.